The van der Waals surface area contributed by atoms with E-state index >= 15 is 0 Å². The second-order valence-electron chi connectivity index (χ2n) is 6.18. The SMILES string of the molecule is CCOc1cc(CNCc2ccccn2)cc(Br)c1OCc1ccc(Cl)cc1. The molecule has 6 heteroatoms. The average Bonchev–Trinajstić information content (AvgIpc) is 2.70. The molecular formula is C22H22BrClN2O2. The first-order valence-corrected chi connectivity index (χ1v) is 10.3. The van der Waals surface area contributed by atoms with Gasteiger partial charge in [-0.1, -0.05) is 29.8 Å². The molecule has 0 spiro atoms. The molecule has 1 heterocycles. The quantitative estimate of drug-likeness (QED) is 0.440. The van der Waals surface area contributed by atoms with Crippen molar-refractivity contribution in [1.29, 1.82) is 0 Å². The summed E-state index contributed by atoms with van der Waals surface area (Å²) in [6.07, 6.45) is 1.80. The van der Waals surface area contributed by atoms with Crippen molar-refractivity contribution in [3.63, 3.8) is 0 Å². The molecule has 0 amide bonds. The Morgan fingerprint density at radius 1 is 1.00 bits per heavy atom. The summed E-state index contributed by atoms with van der Waals surface area (Å²) in [7, 11) is 0. The first-order valence-electron chi connectivity index (χ1n) is 9.08. The minimum atomic E-state index is 0.438. The number of ether oxygens (including phenoxy) is 2. The fourth-order valence-corrected chi connectivity index (χ4v) is 3.43. The third-order valence-electron chi connectivity index (χ3n) is 4.03. The highest BCUT2D eigenvalue weighted by Gasteiger charge is 2.13. The predicted molar refractivity (Wildman–Crippen MR) is 116 cm³/mol. The van der Waals surface area contributed by atoms with Crippen LogP contribution in [0, 0.1) is 0 Å². The fourth-order valence-electron chi connectivity index (χ4n) is 2.70. The highest BCUT2D eigenvalue weighted by Crippen LogP contribution is 2.37. The Kier molecular flexibility index (Phi) is 7.71. The molecule has 0 aliphatic carbocycles. The number of halogens is 2. The summed E-state index contributed by atoms with van der Waals surface area (Å²) in [5, 5.41) is 4.12. The van der Waals surface area contributed by atoms with E-state index in [0.717, 1.165) is 27.0 Å². The van der Waals surface area contributed by atoms with Gasteiger partial charge in [0.05, 0.1) is 16.8 Å². The van der Waals surface area contributed by atoms with E-state index in [-0.39, 0.29) is 0 Å². The predicted octanol–water partition coefficient (Wildman–Crippen LogP) is 5.77. The van der Waals surface area contributed by atoms with Crippen LogP contribution in [0.2, 0.25) is 5.02 Å². The Labute approximate surface area is 179 Å². The number of rotatable bonds is 9. The third kappa shape index (κ3) is 5.96. The Balaban J connectivity index is 1.67. The van der Waals surface area contributed by atoms with Gasteiger partial charge in [0.1, 0.15) is 6.61 Å². The molecule has 0 fully saturated rings. The number of hydrogen-bond donors (Lipinski definition) is 1. The van der Waals surface area contributed by atoms with Crippen LogP contribution in [0.3, 0.4) is 0 Å². The third-order valence-corrected chi connectivity index (χ3v) is 4.87. The van der Waals surface area contributed by atoms with Crippen LogP contribution in [-0.2, 0) is 19.7 Å². The van der Waals surface area contributed by atoms with Crippen LogP contribution in [0.5, 0.6) is 11.5 Å². The molecule has 0 atom stereocenters. The van der Waals surface area contributed by atoms with Gasteiger partial charge in [0.15, 0.2) is 11.5 Å². The lowest BCUT2D eigenvalue weighted by molar-refractivity contribution is 0.267. The summed E-state index contributed by atoms with van der Waals surface area (Å²) in [6, 6.07) is 17.6. The van der Waals surface area contributed by atoms with Crippen LogP contribution in [0.25, 0.3) is 0 Å². The van der Waals surface area contributed by atoms with Crippen LogP contribution in [0.15, 0.2) is 65.3 Å². The summed E-state index contributed by atoms with van der Waals surface area (Å²) < 4.78 is 12.7. The molecule has 0 saturated carbocycles. The molecule has 0 aliphatic rings. The first-order chi connectivity index (χ1) is 13.7. The minimum absolute atomic E-state index is 0.438. The number of nitrogens with zero attached hydrogens (tertiary/aromatic N) is 1. The van der Waals surface area contributed by atoms with E-state index in [4.69, 9.17) is 21.1 Å². The van der Waals surface area contributed by atoms with Crippen molar-refractivity contribution in [2.75, 3.05) is 6.61 Å². The Morgan fingerprint density at radius 3 is 2.54 bits per heavy atom. The number of nitrogens with one attached hydrogen (secondary N) is 1. The molecule has 1 aromatic heterocycles. The largest absolute Gasteiger partial charge is 0.490 e. The fraction of sp³-hybridized carbons (Fsp3) is 0.227. The topological polar surface area (TPSA) is 43.4 Å². The molecule has 3 rings (SSSR count). The maximum atomic E-state index is 6.03. The summed E-state index contributed by atoms with van der Waals surface area (Å²) >= 11 is 9.56. The summed E-state index contributed by atoms with van der Waals surface area (Å²) in [5.74, 6) is 1.42. The molecule has 0 saturated heterocycles. The maximum Gasteiger partial charge on any atom is 0.175 e. The second-order valence-corrected chi connectivity index (χ2v) is 7.47. The van der Waals surface area contributed by atoms with E-state index in [0.29, 0.717) is 37.1 Å². The number of pyridine rings is 1. The first kappa shape index (κ1) is 20.6. The van der Waals surface area contributed by atoms with Gasteiger partial charge in [-0.25, -0.2) is 0 Å². The molecule has 0 unspecified atom stereocenters. The Morgan fingerprint density at radius 2 is 1.82 bits per heavy atom. The van der Waals surface area contributed by atoms with Gasteiger partial charge in [0.25, 0.3) is 0 Å². The van der Waals surface area contributed by atoms with Gasteiger partial charge >= 0.3 is 0 Å². The second kappa shape index (κ2) is 10.5. The van der Waals surface area contributed by atoms with E-state index in [1.165, 1.54) is 0 Å². The maximum absolute atomic E-state index is 6.03. The number of aromatic nitrogens is 1. The van der Waals surface area contributed by atoms with Gasteiger partial charge in [-0.15, -0.1) is 0 Å². The molecular weight excluding hydrogens is 440 g/mol. The molecule has 0 radical (unpaired) electrons. The van der Waals surface area contributed by atoms with Crippen molar-refractivity contribution >= 4 is 27.5 Å². The summed E-state index contributed by atoms with van der Waals surface area (Å²) in [5.41, 5.74) is 3.15. The monoisotopic (exact) mass is 460 g/mol. The molecule has 4 nitrogen and oxygen atoms in total. The van der Waals surface area contributed by atoms with Gasteiger partial charge < -0.3 is 14.8 Å². The standard InChI is InChI=1S/C22H22BrClN2O2/c1-2-27-21-12-17(13-25-14-19-5-3-4-10-26-19)11-20(23)22(21)28-15-16-6-8-18(24)9-7-16/h3-12,25H,2,13-15H2,1H3. The van der Waals surface area contributed by atoms with Crippen molar-refractivity contribution in [1.82, 2.24) is 10.3 Å². The van der Waals surface area contributed by atoms with Crippen molar-refractivity contribution in [3.8, 4) is 11.5 Å². The van der Waals surface area contributed by atoms with E-state index in [9.17, 15) is 0 Å². The number of benzene rings is 2. The van der Waals surface area contributed by atoms with Gasteiger partial charge in [0, 0.05) is 24.3 Å². The summed E-state index contributed by atoms with van der Waals surface area (Å²) in [6.45, 7) is 4.37. The van der Waals surface area contributed by atoms with Gasteiger partial charge in [-0.3, -0.25) is 4.98 Å². The minimum Gasteiger partial charge on any atom is -0.490 e. The van der Waals surface area contributed by atoms with Crippen molar-refractivity contribution in [3.05, 3.63) is 87.1 Å². The van der Waals surface area contributed by atoms with Crippen LogP contribution >= 0.6 is 27.5 Å². The smallest absolute Gasteiger partial charge is 0.175 e. The van der Waals surface area contributed by atoms with Crippen LogP contribution in [0.4, 0.5) is 0 Å². The normalized spacial score (nSPS) is 10.7. The van der Waals surface area contributed by atoms with Crippen molar-refractivity contribution in [2.24, 2.45) is 0 Å². The number of hydrogen-bond acceptors (Lipinski definition) is 4. The van der Waals surface area contributed by atoms with Gasteiger partial charge in [-0.2, -0.15) is 0 Å². The molecule has 1 N–H and O–H groups in total. The molecule has 0 aliphatic heterocycles. The zero-order valence-electron chi connectivity index (χ0n) is 15.6. The van der Waals surface area contributed by atoms with Crippen LogP contribution in [-0.4, -0.2) is 11.6 Å². The van der Waals surface area contributed by atoms with Crippen molar-refractivity contribution < 1.29 is 9.47 Å². The van der Waals surface area contributed by atoms with Crippen LogP contribution in [0.1, 0.15) is 23.7 Å². The van der Waals surface area contributed by atoms with E-state index in [2.05, 4.69) is 26.2 Å². The Bertz CT molecular complexity index is 889. The molecule has 2 aromatic carbocycles. The zero-order chi connectivity index (χ0) is 19.8. The molecule has 0 bridgehead atoms. The molecule has 146 valence electrons. The van der Waals surface area contributed by atoms with Gasteiger partial charge in [-0.05, 0) is 70.4 Å². The lowest BCUT2D eigenvalue weighted by Crippen LogP contribution is -2.14. The van der Waals surface area contributed by atoms with Gasteiger partial charge in [0.2, 0.25) is 0 Å². The van der Waals surface area contributed by atoms with E-state index in [1.54, 1.807) is 6.20 Å². The molecule has 28 heavy (non-hydrogen) atoms. The summed E-state index contributed by atoms with van der Waals surface area (Å²) in [4.78, 5) is 4.32. The average molecular weight is 462 g/mol. The lowest BCUT2D eigenvalue weighted by Gasteiger charge is -2.16. The Hall–Kier alpha value is -2.08. The van der Waals surface area contributed by atoms with E-state index < -0.39 is 0 Å². The van der Waals surface area contributed by atoms with E-state index in [1.807, 2.05) is 61.5 Å². The highest BCUT2D eigenvalue weighted by atomic mass is 79.9. The highest BCUT2D eigenvalue weighted by molar-refractivity contribution is 9.10. The molecule has 3 aromatic rings. The van der Waals surface area contributed by atoms with Crippen LogP contribution < -0.4 is 14.8 Å². The van der Waals surface area contributed by atoms with Crippen molar-refractivity contribution in [2.45, 2.75) is 26.6 Å². The lowest BCUT2D eigenvalue weighted by atomic mass is 10.2. The zero-order valence-corrected chi connectivity index (χ0v) is 18.0.